The van der Waals surface area contributed by atoms with Crippen molar-refractivity contribution in [3.8, 4) is 0 Å². The van der Waals surface area contributed by atoms with Crippen molar-refractivity contribution in [1.29, 1.82) is 0 Å². The van der Waals surface area contributed by atoms with Crippen LogP contribution in [0.1, 0.15) is 32.0 Å². The van der Waals surface area contributed by atoms with Crippen molar-refractivity contribution >= 4 is 11.6 Å². The second kappa shape index (κ2) is 5.76. The van der Waals surface area contributed by atoms with Gasteiger partial charge in [-0.2, -0.15) is 0 Å². The summed E-state index contributed by atoms with van der Waals surface area (Å²) < 4.78 is 2.14. The second-order valence-corrected chi connectivity index (χ2v) is 6.18. The molecule has 19 heavy (non-hydrogen) atoms. The fourth-order valence-electron chi connectivity index (χ4n) is 1.83. The third kappa shape index (κ3) is 4.37. The van der Waals surface area contributed by atoms with Crippen molar-refractivity contribution in [1.82, 2.24) is 14.9 Å². The molecule has 0 spiro atoms. The van der Waals surface area contributed by atoms with E-state index in [1.165, 1.54) is 11.3 Å². The molecule has 2 aromatic rings. The fourth-order valence-corrected chi connectivity index (χ4v) is 2.04. The second-order valence-electron chi connectivity index (χ2n) is 5.75. The van der Waals surface area contributed by atoms with Crippen LogP contribution in [0.25, 0.3) is 0 Å². The summed E-state index contributed by atoms with van der Waals surface area (Å²) in [5.41, 5.74) is 2.46. The average Bonchev–Trinajstić information content (AvgIpc) is 2.73. The Morgan fingerprint density at radius 1 is 1.32 bits per heavy atom. The lowest BCUT2D eigenvalue weighted by Gasteiger charge is -2.21. The van der Waals surface area contributed by atoms with Gasteiger partial charge in [0, 0.05) is 29.8 Å². The average molecular weight is 278 g/mol. The summed E-state index contributed by atoms with van der Waals surface area (Å²) in [5, 5.41) is 4.25. The molecule has 0 saturated heterocycles. The zero-order valence-corrected chi connectivity index (χ0v) is 12.4. The zero-order chi connectivity index (χ0) is 13.9. The van der Waals surface area contributed by atoms with Gasteiger partial charge in [0.25, 0.3) is 0 Å². The minimum absolute atomic E-state index is 0.102. The van der Waals surface area contributed by atoms with E-state index in [4.69, 9.17) is 11.6 Å². The highest BCUT2D eigenvalue weighted by molar-refractivity contribution is 6.30. The number of hydrogen-bond acceptors (Lipinski definition) is 2. The lowest BCUT2D eigenvalue weighted by atomic mass is 10.1. The number of halogens is 1. The van der Waals surface area contributed by atoms with Crippen molar-refractivity contribution in [2.75, 3.05) is 0 Å². The Morgan fingerprint density at radius 2 is 2.11 bits per heavy atom. The first-order valence-corrected chi connectivity index (χ1v) is 6.80. The Balaban J connectivity index is 2.07. The highest BCUT2D eigenvalue weighted by Gasteiger charge is 2.10. The molecule has 2 rings (SSSR count). The van der Waals surface area contributed by atoms with Crippen LogP contribution in [0.15, 0.2) is 36.8 Å². The molecule has 0 bridgehead atoms. The summed E-state index contributed by atoms with van der Waals surface area (Å²) in [6, 6.07) is 7.93. The molecule has 4 heteroatoms. The van der Waals surface area contributed by atoms with Gasteiger partial charge in [-0.05, 0) is 38.5 Å². The Kier molecular flexibility index (Phi) is 4.27. The van der Waals surface area contributed by atoms with Gasteiger partial charge in [-0.3, -0.25) is 0 Å². The fraction of sp³-hybridized carbons (Fsp3) is 0.400. The molecule has 0 unspecified atom stereocenters. The number of nitrogens with zero attached hydrogens (tertiary/aromatic N) is 2. The van der Waals surface area contributed by atoms with Gasteiger partial charge >= 0.3 is 0 Å². The first-order valence-electron chi connectivity index (χ1n) is 6.42. The van der Waals surface area contributed by atoms with E-state index in [1.807, 2.05) is 30.7 Å². The van der Waals surface area contributed by atoms with E-state index in [-0.39, 0.29) is 5.54 Å². The number of aromatic nitrogens is 2. The number of imidazole rings is 1. The minimum Gasteiger partial charge on any atom is -0.329 e. The van der Waals surface area contributed by atoms with Crippen LogP contribution in [0.3, 0.4) is 0 Å². The smallest absolute Gasteiger partial charge is 0.0951 e. The predicted octanol–water partition coefficient (Wildman–Crippen LogP) is 3.47. The van der Waals surface area contributed by atoms with E-state index in [2.05, 4.69) is 41.7 Å². The molecule has 0 amide bonds. The van der Waals surface area contributed by atoms with Crippen molar-refractivity contribution < 1.29 is 0 Å². The molecule has 1 heterocycles. The van der Waals surface area contributed by atoms with Crippen LogP contribution < -0.4 is 5.32 Å². The van der Waals surface area contributed by atoms with Crippen molar-refractivity contribution in [3.05, 3.63) is 53.1 Å². The molecular formula is C15H20ClN3. The minimum atomic E-state index is 0.102. The normalized spacial score (nSPS) is 11.8. The molecule has 0 aliphatic rings. The van der Waals surface area contributed by atoms with E-state index >= 15 is 0 Å². The quantitative estimate of drug-likeness (QED) is 0.927. The topological polar surface area (TPSA) is 29.9 Å². The molecular weight excluding hydrogens is 258 g/mol. The van der Waals surface area contributed by atoms with Gasteiger partial charge in [-0.15, -0.1) is 0 Å². The highest BCUT2D eigenvalue weighted by Crippen LogP contribution is 2.13. The number of nitrogens with one attached hydrogen (secondary N) is 1. The van der Waals surface area contributed by atoms with Crippen LogP contribution in [0.5, 0.6) is 0 Å². The van der Waals surface area contributed by atoms with Crippen LogP contribution in [-0.2, 0) is 13.1 Å². The summed E-state index contributed by atoms with van der Waals surface area (Å²) in [6.45, 7) is 8.08. The molecule has 102 valence electrons. The van der Waals surface area contributed by atoms with Crippen LogP contribution in [0.2, 0.25) is 5.02 Å². The standard InChI is InChI=1S/C15H20ClN3/c1-15(2,3)18-9-14-8-17-11-19(14)10-12-5-4-6-13(16)7-12/h4-8,11,18H,9-10H2,1-3H3. The maximum atomic E-state index is 6.01. The summed E-state index contributed by atoms with van der Waals surface area (Å²) >= 11 is 6.01. The molecule has 1 N–H and O–H groups in total. The maximum absolute atomic E-state index is 6.01. The van der Waals surface area contributed by atoms with Crippen molar-refractivity contribution in [2.45, 2.75) is 39.4 Å². The van der Waals surface area contributed by atoms with Gasteiger partial charge in [-0.1, -0.05) is 23.7 Å². The maximum Gasteiger partial charge on any atom is 0.0951 e. The van der Waals surface area contributed by atoms with Gasteiger partial charge in [0.2, 0.25) is 0 Å². The Bertz CT molecular complexity index is 540. The van der Waals surface area contributed by atoms with E-state index in [0.29, 0.717) is 0 Å². The monoisotopic (exact) mass is 277 g/mol. The first-order chi connectivity index (χ1) is 8.94. The zero-order valence-electron chi connectivity index (χ0n) is 11.7. The molecule has 1 aromatic carbocycles. The van der Waals surface area contributed by atoms with Crippen molar-refractivity contribution in [3.63, 3.8) is 0 Å². The van der Waals surface area contributed by atoms with Gasteiger partial charge in [0.1, 0.15) is 0 Å². The Morgan fingerprint density at radius 3 is 2.79 bits per heavy atom. The highest BCUT2D eigenvalue weighted by atomic mass is 35.5. The molecule has 3 nitrogen and oxygen atoms in total. The van der Waals surface area contributed by atoms with Crippen LogP contribution in [-0.4, -0.2) is 15.1 Å². The molecule has 0 aliphatic heterocycles. The van der Waals surface area contributed by atoms with Gasteiger partial charge in [0.15, 0.2) is 0 Å². The Labute approximate surface area is 119 Å². The molecule has 1 aromatic heterocycles. The van der Waals surface area contributed by atoms with Gasteiger partial charge < -0.3 is 9.88 Å². The molecule has 0 fully saturated rings. The van der Waals surface area contributed by atoms with Crippen LogP contribution in [0, 0.1) is 0 Å². The Hall–Kier alpha value is -1.32. The van der Waals surface area contributed by atoms with Crippen molar-refractivity contribution in [2.24, 2.45) is 0 Å². The summed E-state index contributed by atoms with van der Waals surface area (Å²) in [5.74, 6) is 0. The lowest BCUT2D eigenvalue weighted by Crippen LogP contribution is -2.35. The van der Waals surface area contributed by atoms with Crippen LogP contribution >= 0.6 is 11.6 Å². The third-order valence-corrected chi connectivity index (χ3v) is 3.08. The van der Waals surface area contributed by atoms with E-state index in [0.717, 1.165) is 18.1 Å². The largest absolute Gasteiger partial charge is 0.329 e. The lowest BCUT2D eigenvalue weighted by molar-refractivity contribution is 0.417. The molecule has 0 aliphatic carbocycles. The van der Waals surface area contributed by atoms with Gasteiger partial charge in [-0.25, -0.2) is 4.98 Å². The number of rotatable bonds is 4. The number of hydrogen-bond donors (Lipinski definition) is 1. The molecule has 0 atom stereocenters. The summed E-state index contributed by atoms with van der Waals surface area (Å²) in [7, 11) is 0. The van der Waals surface area contributed by atoms with Crippen LogP contribution in [0.4, 0.5) is 0 Å². The van der Waals surface area contributed by atoms with E-state index in [1.54, 1.807) is 0 Å². The molecule has 0 saturated carbocycles. The summed E-state index contributed by atoms with van der Waals surface area (Å²) in [4.78, 5) is 4.23. The SMILES string of the molecule is CC(C)(C)NCc1cncn1Cc1cccc(Cl)c1. The predicted molar refractivity (Wildman–Crippen MR) is 79.4 cm³/mol. The first kappa shape index (κ1) is 14.1. The van der Waals surface area contributed by atoms with E-state index < -0.39 is 0 Å². The van der Waals surface area contributed by atoms with E-state index in [9.17, 15) is 0 Å². The molecule has 0 radical (unpaired) electrons. The third-order valence-electron chi connectivity index (χ3n) is 2.84. The summed E-state index contributed by atoms with van der Waals surface area (Å²) in [6.07, 6.45) is 3.77. The van der Waals surface area contributed by atoms with Gasteiger partial charge in [0.05, 0.1) is 12.0 Å². The number of benzene rings is 1.